The molecule has 2 N–H and O–H groups in total. The summed E-state index contributed by atoms with van der Waals surface area (Å²) in [6, 6.07) is 2.32. The molecule has 0 amide bonds. The van der Waals surface area contributed by atoms with Gasteiger partial charge in [-0.1, -0.05) is 27.7 Å². The standard InChI is InChI=1S/C9H6Cl2N4O3S/c10-5-1-4(15(16)17)2-6(11)8(5)18-3-7-9(12)19-14-13-7/h1-2H,3,12H2. The van der Waals surface area contributed by atoms with Gasteiger partial charge in [-0.2, -0.15) is 0 Å². The number of nitro groups is 1. The topological polar surface area (TPSA) is 104 Å². The van der Waals surface area contributed by atoms with Crippen molar-refractivity contribution in [3.8, 4) is 5.75 Å². The number of hydrogen-bond acceptors (Lipinski definition) is 7. The Morgan fingerprint density at radius 2 is 2.05 bits per heavy atom. The van der Waals surface area contributed by atoms with E-state index < -0.39 is 4.92 Å². The summed E-state index contributed by atoms with van der Waals surface area (Å²) in [5.41, 5.74) is 5.85. The molecular weight excluding hydrogens is 315 g/mol. The highest BCUT2D eigenvalue weighted by Gasteiger charge is 2.16. The molecule has 0 aliphatic rings. The number of benzene rings is 1. The molecule has 1 heterocycles. The van der Waals surface area contributed by atoms with Crippen molar-refractivity contribution in [2.24, 2.45) is 0 Å². The van der Waals surface area contributed by atoms with Crippen molar-refractivity contribution in [1.82, 2.24) is 9.59 Å². The molecule has 10 heteroatoms. The lowest BCUT2D eigenvalue weighted by Gasteiger charge is -2.08. The van der Waals surface area contributed by atoms with Gasteiger partial charge >= 0.3 is 0 Å². The number of ether oxygens (including phenoxy) is 1. The smallest absolute Gasteiger partial charge is 0.272 e. The molecule has 0 unspecified atom stereocenters. The minimum atomic E-state index is -0.593. The number of anilines is 1. The van der Waals surface area contributed by atoms with Gasteiger partial charge in [-0.25, -0.2) is 0 Å². The first-order valence-corrected chi connectivity index (χ1v) is 6.35. The van der Waals surface area contributed by atoms with Crippen LogP contribution in [0.5, 0.6) is 5.75 Å². The molecule has 19 heavy (non-hydrogen) atoms. The largest absolute Gasteiger partial charge is 0.484 e. The molecule has 0 bridgehead atoms. The maximum atomic E-state index is 10.6. The van der Waals surface area contributed by atoms with Crippen LogP contribution in [0.3, 0.4) is 0 Å². The molecule has 1 aromatic heterocycles. The van der Waals surface area contributed by atoms with Gasteiger partial charge < -0.3 is 10.5 Å². The van der Waals surface area contributed by atoms with E-state index in [0.29, 0.717) is 10.7 Å². The van der Waals surface area contributed by atoms with Crippen LogP contribution < -0.4 is 10.5 Å². The number of aromatic nitrogens is 2. The molecule has 0 radical (unpaired) electrons. The molecule has 2 aromatic rings. The van der Waals surface area contributed by atoms with E-state index in [1.807, 2.05) is 0 Å². The zero-order valence-corrected chi connectivity index (χ0v) is 11.5. The van der Waals surface area contributed by atoms with E-state index in [2.05, 4.69) is 9.59 Å². The Hall–Kier alpha value is -1.64. The normalized spacial score (nSPS) is 10.4. The lowest BCUT2D eigenvalue weighted by atomic mass is 10.3. The summed E-state index contributed by atoms with van der Waals surface area (Å²) in [6.45, 7) is 0.0274. The third-order valence-electron chi connectivity index (χ3n) is 2.13. The number of hydrogen-bond donors (Lipinski definition) is 1. The third kappa shape index (κ3) is 3.03. The zero-order valence-electron chi connectivity index (χ0n) is 9.17. The van der Waals surface area contributed by atoms with Crippen LogP contribution in [-0.4, -0.2) is 14.5 Å². The number of halogens is 2. The van der Waals surface area contributed by atoms with Gasteiger partial charge in [0, 0.05) is 23.7 Å². The Kier molecular flexibility index (Phi) is 4.03. The van der Waals surface area contributed by atoms with Crippen molar-refractivity contribution in [3.63, 3.8) is 0 Å². The molecule has 100 valence electrons. The molecule has 0 atom stereocenters. The lowest BCUT2D eigenvalue weighted by Crippen LogP contribution is -2.00. The number of rotatable bonds is 4. The monoisotopic (exact) mass is 320 g/mol. The van der Waals surface area contributed by atoms with Gasteiger partial charge in [0.1, 0.15) is 17.3 Å². The Bertz CT molecular complexity index is 611. The van der Waals surface area contributed by atoms with Gasteiger partial charge in [0.05, 0.1) is 15.0 Å². The van der Waals surface area contributed by atoms with Crippen LogP contribution >= 0.6 is 34.7 Å². The summed E-state index contributed by atoms with van der Waals surface area (Å²) in [4.78, 5) is 10.0. The fourth-order valence-corrected chi connectivity index (χ4v) is 2.26. The van der Waals surface area contributed by atoms with E-state index in [1.54, 1.807) is 0 Å². The van der Waals surface area contributed by atoms with Crippen molar-refractivity contribution in [2.75, 3.05) is 5.73 Å². The van der Waals surface area contributed by atoms with Crippen molar-refractivity contribution in [3.05, 3.63) is 38.0 Å². The highest BCUT2D eigenvalue weighted by Crippen LogP contribution is 2.37. The van der Waals surface area contributed by atoms with Crippen LogP contribution in [0.15, 0.2) is 12.1 Å². The van der Waals surface area contributed by atoms with E-state index in [0.717, 1.165) is 23.7 Å². The van der Waals surface area contributed by atoms with Crippen molar-refractivity contribution in [1.29, 1.82) is 0 Å². The molecule has 0 spiro atoms. The van der Waals surface area contributed by atoms with E-state index >= 15 is 0 Å². The fourth-order valence-electron chi connectivity index (χ4n) is 1.25. The van der Waals surface area contributed by atoms with Crippen molar-refractivity contribution in [2.45, 2.75) is 6.61 Å². The van der Waals surface area contributed by atoms with E-state index in [1.165, 1.54) is 0 Å². The average Bonchev–Trinajstić information content (AvgIpc) is 2.73. The van der Waals surface area contributed by atoms with Gasteiger partial charge in [0.25, 0.3) is 5.69 Å². The lowest BCUT2D eigenvalue weighted by molar-refractivity contribution is -0.384. The molecule has 2 rings (SSSR count). The first-order valence-electron chi connectivity index (χ1n) is 4.82. The summed E-state index contributed by atoms with van der Waals surface area (Å²) < 4.78 is 9.01. The molecule has 0 fully saturated rings. The summed E-state index contributed by atoms with van der Waals surface area (Å²) in [6.07, 6.45) is 0. The van der Waals surface area contributed by atoms with Crippen LogP contribution in [0.2, 0.25) is 10.0 Å². The number of nitrogens with zero attached hydrogens (tertiary/aromatic N) is 3. The average molecular weight is 321 g/mol. The Balaban J connectivity index is 2.21. The SMILES string of the molecule is Nc1snnc1COc1c(Cl)cc([N+](=O)[O-])cc1Cl. The molecule has 0 aliphatic carbocycles. The van der Waals surface area contributed by atoms with Gasteiger partial charge in [-0.05, 0) is 0 Å². The van der Waals surface area contributed by atoms with Crippen LogP contribution in [0, 0.1) is 10.1 Å². The minimum Gasteiger partial charge on any atom is -0.484 e. The summed E-state index contributed by atoms with van der Waals surface area (Å²) in [5.74, 6) is 0.140. The predicted molar refractivity (Wildman–Crippen MR) is 71.8 cm³/mol. The molecule has 0 aliphatic heterocycles. The maximum Gasteiger partial charge on any atom is 0.272 e. The van der Waals surface area contributed by atoms with Crippen LogP contribution in [0.1, 0.15) is 5.69 Å². The minimum absolute atomic E-state index is 0.0274. The zero-order chi connectivity index (χ0) is 14.0. The van der Waals surface area contributed by atoms with Crippen LogP contribution in [-0.2, 0) is 6.61 Å². The van der Waals surface area contributed by atoms with Crippen LogP contribution in [0.4, 0.5) is 10.7 Å². The quantitative estimate of drug-likeness (QED) is 0.686. The summed E-state index contributed by atoms with van der Waals surface area (Å²) >= 11 is 12.8. The molecule has 7 nitrogen and oxygen atoms in total. The Morgan fingerprint density at radius 1 is 1.42 bits per heavy atom. The Labute approximate surface area is 121 Å². The Morgan fingerprint density at radius 3 is 2.53 bits per heavy atom. The second-order valence-corrected chi connectivity index (χ2v) is 4.97. The molecule has 1 aromatic carbocycles. The number of nitrogen functional groups attached to an aromatic ring is 1. The highest BCUT2D eigenvalue weighted by atomic mass is 35.5. The van der Waals surface area contributed by atoms with E-state index in [4.69, 9.17) is 33.7 Å². The van der Waals surface area contributed by atoms with Gasteiger partial charge in [-0.15, -0.1) is 5.10 Å². The second-order valence-electron chi connectivity index (χ2n) is 3.37. The third-order valence-corrected chi connectivity index (χ3v) is 3.29. The second kappa shape index (κ2) is 5.55. The molecule has 0 saturated heterocycles. The van der Waals surface area contributed by atoms with Crippen molar-refractivity contribution >= 4 is 45.4 Å². The number of nitrogens with two attached hydrogens (primary N) is 1. The van der Waals surface area contributed by atoms with Gasteiger partial charge in [-0.3, -0.25) is 10.1 Å². The summed E-state index contributed by atoms with van der Waals surface area (Å²) in [7, 11) is 0. The number of non-ortho nitro benzene ring substituents is 1. The van der Waals surface area contributed by atoms with Crippen LogP contribution in [0.25, 0.3) is 0 Å². The summed E-state index contributed by atoms with van der Waals surface area (Å²) in [5, 5.41) is 14.9. The first-order chi connectivity index (χ1) is 8.99. The van der Waals surface area contributed by atoms with E-state index in [-0.39, 0.29) is 28.1 Å². The predicted octanol–water partition coefficient (Wildman–Crippen LogP) is 2.91. The molecule has 0 saturated carbocycles. The molecular formula is C9H6Cl2N4O3S. The van der Waals surface area contributed by atoms with Gasteiger partial charge in [0.15, 0.2) is 5.75 Å². The number of nitro benzene ring substituents is 1. The van der Waals surface area contributed by atoms with Gasteiger partial charge in [0.2, 0.25) is 0 Å². The van der Waals surface area contributed by atoms with Crippen molar-refractivity contribution < 1.29 is 9.66 Å². The van der Waals surface area contributed by atoms with E-state index in [9.17, 15) is 10.1 Å². The first kappa shape index (κ1) is 13.8. The maximum absolute atomic E-state index is 10.6. The fraction of sp³-hybridized carbons (Fsp3) is 0.111. The highest BCUT2D eigenvalue weighted by molar-refractivity contribution is 7.09.